The van der Waals surface area contributed by atoms with Gasteiger partial charge in [0.1, 0.15) is 0 Å². The lowest BCUT2D eigenvalue weighted by Gasteiger charge is -2.57. The molecule has 1 saturated heterocycles. The Labute approximate surface area is 144 Å². The highest BCUT2D eigenvalue weighted by Gasteiger charge is 2.55. The molecule has 2 amide bonds. The second-order valence-corrected chi connectivity index (χ2v) is 8.63. The number of rotatable bonds is 3. The van der Waals surface area contributed by atoms with Gasteiger partial charge in [0.05, 0.1) is 12.0 Å². The van der Waals surface area contributed by atoms with E-state index in [4.69, 9.17) is 4.74 Å². The quantitative estimate of drug-likeness (QED) is 0.863. The lowest BCUT2D eigenvalue weighted by Crippen LogP contribution is -2.56. The van der Waals surface area contributed by atoms with Gasteiger partial charge in [-0.1, -0.05) is 0 Å². The third kappa shape index (κ3) is 2.91. The summed E-state index contributed by atoms with van der Waals surface area (Å²) in [6.07, 6.45) is 8.89. The van der Waals surface area contributed by atoms with Crippen molar-refractivity contribution < 1.29 is 14.3 Å². The number of ether oxygens (including phenoxy) is 1. The molecule has 1 aliphatic heterocycles. The number of likely N-dealkylation sites (tertiary alicyclic amines) is 1. The summed E-state index contributed by atoms with van der Waals surface area (Å²) in [4.78, 5) is 26.9. The Hall–Kier alpha value is -1.26. The van der Waals surface area contributed by atoms with Crippen LogP contribution in [0.3, 0.4) is 0 Å². The number of carbonyl (C=O) groups is 2. The Kier molecular flexibility index (Phi) is 4.21. The molecule has 4 saturated carbocycles. The Morgan fingerprint density at radius 2 is 1.58 bits per heavy atom. The first-order chi connectivity index (χ1) is 11.6. The van der Waals surface area contributed by atoms with E-state index in [1.807, 2.05) is 6.92 Å². The largest absolute Gasteiger partial charge is 0.450 e. The van der Waals surface area contributed by atoms with Crippen molar-refractivity contribution in [2.75, 3.05) is 19.7 Å². The van der Waals surface area contributed by atoms with E-state index >= 15 is 0 Å². The van der Waals surface area contributed by atoms with Crippen molar-refractivity contribution in [1.82, 2.24) is 10.2 Å². The lowest BCUT2D eigenvalue weighted by atomic mass is 9.49. The Balaban J connectivity index is 1.34. The number of amides is 2. The molecule has 4 aliphatic carbocycles. The van der Waals surface area contributed by atoms with Crippen molar-refractivity contribution in [3.8, 4) is 0 Å². The summed E-state index contributed by atoms with van der Waals surface area (Å²) in [6.45, 7) is 3.76. The van der Waals surface area contributed by atoms with Gasteiger partial charge in [-0.15, -0.1) is 0 Å². The second kappa shape index (κ2) is 6.23. The van der Waals surface area contributed by atoms with Crippen LogP contribution in [0.4, 0.5) is 4.79 Å². The molecule has 1 N–H and O–H groups in total. The van der Waals surface area contributed by atoms with Crippen LogP contribution < -0.4 is 5.32 Å². The van der Waals surface area contributed by atoms with Crippen molar-refractivity contribution in [2.45, 2.75) is 64.3 Å². The first kappa shape index (κ1) is 16.2. The normalized spacial score (nSPS) is 38.2. The topological polar surface area (TPSA) is 58.6 Å². The molecule has 5 heteroatoms. The number of alkyl carbamates (subject to hydrolysis) is 1. The summed E-state index contributed by atoms with van der Waals surface area (Å²) < 4.78 is 4.95. The number of hydrogen-bond acceptors (Lipinski definition) is 3. The first-order valence-electron chi connectivity index (χ1n) is 9.80. The highest BCUT2D eigenvalue weighted by atomic mass is 16.5. The number of hydrogen-bond donors (Lipinski definition) is 1. The van der Waals surface area contributed by atoms with Gasteiger partial charge in [0.2, 0.25) is 5.91 Å². The monoisotopic (exact) mass is 334 g/mol. The number of piperidine rings is 1. The van der Waals surface area contributed by atoms with E-state index < -0.39 is 0 Å². The predicted molar refractivity (Wildman–Crippen MR) is 90.4 cm³/mol. The zero-order valence-corrected chi connectivity index (χ0v) is 14.8. The molecule has 5 nitrogen and oxygen atoms in total. The van der Waals surface area contributed by atoms with E-state index in [0.29, 0.717) is 12.5 Å². The molecule has 0 aromatic heterocycles. The molecule has 5 rings (SSSR count). The molecule has 5 aliphatic rings. The van der Waals surface area contributed by atoms with Crippen molar-refractivity contribution in [3.05, 3.63) is 0 Å². The lowest BCUT2D eigenvalue weighted by molar-refractivity contribution is -0.158. The summed E-state index contributed by atoms with van der Waals surface area (Å²) in [5, 5.41) is 2.92. The summed E-state index contributed by atoms with van der Waals surface area (Å²) in [7, 11) is 0. The highest BCUT2D eigenvalue weighted by Crippen LogP contribution is 2.60. The average Bonchev–Trinajstić information content (AvgIpc) is 2.54. The zero-order chi connectivity index (χ0) is 16.7. The third-order valence-electron chi connectivity index (χ3n) is 6.87. The predicted octanol–water partition coefficient (Wildman–Crippen LogP) is 2.94. The molecule has 5 fully saturated rings. The maximum absolute atomic E-state index is 13.3. The van der Waals surface area contributed by atoms with Gasteiger partial charge < -0.3 is 15.0 Å². The van der Waals surface area contributed by atoms with Crippen LogP contribution in [0.25, 0.3) is 0 Å². The second-order valence-electron chi connectivity index (χ2n) is 8.63. The molecule has 134 valence electrons. The molecule has 0 atom stereocenters. The minimum absolute atomic E-state index is 0.0316. The first-order valence-corrected chi connectivity index (χ1v) is 9.80. The molecule has 0 unspecified atom stereocenters. The maximum atomic E-state index is 13.3. The van der Waals surface area contributed by atoms with Crippen LogP contribution in [-0.4, -0.2) is 42.6 Å². The smallest absolute Gasteiger partial charge is 0.407 e. The Morgan fingerprint density at radius 3 is 2.08 bits per heavy atom. The molecule has 0 aromatic rings. The van der Waals surface area contributed by atoms with Crippen LogP contribution >= 0.6 is 0 Å². The molecule has 0 aromatic carbocycles. The van der Waals surface area contributed by atoms with Gasteiger partial charge in [0.15, 0.2) is 0 Å². The zero-order valence-electron chi connectivity index (χ0n) is 14.8. The van der Waals surface area contributed by atoms with Crippen LogP contribution in [0.1, 0.15) is 58.3 Å². The molecule has 24 heavy (non-hydrogen) atoms. The highest BCUT2D eigenvalue weighted by molar-refractivity contribution is 5.83. The van der Waals surface area contributed by atoms with Crippen molar-refractivity contribution in [3.63, 3.8) is 0 Å². The third-order valence-corrected chi connectivity index (χ3v) is 6.87. The van der Waals surface area contributed by atoms with Crippen LogP contribution in [0.2, 0.25) is 0 Å². The average molecular weight is 334 g/mol. The van der Waals surface area contributed by atoms with Gasteiger partial charge in [0.25, 0.3) is 0 Å². The van der Waals surface area contributed by atoms with Crippen LogP contribution in [0.15, 0.2) is 0 Å². The fourth-order valence-corrected chi connectivity index (χ4v) is 6.27. The molecule has 0 spiro atoms. The van der Waals surface area contributed by atoms with Gasteiger partial charge >= 0.3 is 6.09 Å². The SMILES string of the molecule is CCOC(=O)NC1CCN(C(=O)C23CC4CC(CC(C4)C2)C3)CC1. The number of carbonyl (C=O) groups excluding carboxylic acids is 2. The molecular formula is C19H30N2O3. The van der Waals surface area contributed by atoms with Crippen LogP contribution in [0, 0.1) is 23.2 Å². The molecule has 0 radical (unpaired) electrons. The van der Waals surface area contributed by atoms with E-state index in [-0.39, 0.29) is 17.6 Å². The summed E-state index contributed by atoms with van der Waals surface area (Å²) in [5.74, 6) is 2.85. The van der Waals surface area contributed by atoms with Crippen molar-refractivity contribution >= 4 is 12.0 Å². The van der Waals surface area contributed by atoms with E-state index in [9.17, 15) is 9.59 Å². The van der Waals surface area contributed by atoms with E-state index in [2.05, 4.69) is 10.2 Å². The summed E-state index contributed by atoms with van der Waals surface area (Å²) in [5.41, 5.74) is -0.0316. The minimum atomic E-state index is -0.330. The van der Waals surface area contributed by atoms with E-state index in [1.165, 1.54) is 19.3 Å². The van der Waals surface area contributed by atoms with Crippen molar-refractivity contribution in [2.24, 2.45) is 23.2 Å². The summed E-state index contributed by atoms with van der Waals surface area (Å²) >= 11 is 0. The van der Waals surface area contributed by atoms with Gasteiger partial charge in [-0.3, -0.25) is 4.79 Å². The van der Waals surface area contributed by atoms with Crippen LogP contribution in [0.5, 0.6) is 0 Å². The molecular weight excluding hydrogens is 304 g/mol. The van der Waals surface area contributed by atoms with E-state index in [1.54, 1.807) is 0 Å². The van der Waals surface area contributed by atoms with Gasteiger partial charge in [-0.25, -0.2) is 4.79 Å². The minimum Gasteiger partial charge on any atom is -0.450 e. The fourth-order valence-electron chi connectivity index (χ4n) is 6.27. The number of nitrogens with one attached hydrogen (secondary N) is 1. The Bertz CT molecular complexity index is 475. The van der Waals surface area contributed by atoms with Gasteiger partial charge in [0, 0.05) is 19.1 Å². The van der Waals surface area contributed by atoms with Crippen molar-refractivity contribution in [1.29, 1.82) is 0 Å². The summed E-state index contributed by atoms with van der Waals surface area (Å²) in [6, 6.07) is 0.143. The van der Waals surface area contributed by atoms with Gasteiger partial charge in [-0.2, -0.15) is 0 Å². The molecule has 1 heterocycles. The fraction of sp³-hybridized carbons (Fsp3) is 0.895. The van der Waals surface area contributed by atoms with E-state index in [0.717, 1.165) is 62.9 Å². The number of nitrogens with zero attached hydrogens (tertiary/aromatic N) is 1. The maximum Gasteiger partial charge on any atom is 0.407 e. The van der Waals surface area contributed by atoms with Gasteiger partial charge in [-0.05, 0) is 76.0 Å². The van der Waals surface area contributed by atoms with Crippen LogP contribution in [-0.2, 0) is 9.53 Å². The molecule has 4 bridgehead atoms. The Morgan fingerprint density at radius 1 is 1.04 bits per heavy atom. The standard InChI is InChI=1S/C19H30N2O3/c1-2-24-18(23)20-16-3-5-21(6-4-16)17(22)19-10-13-7-14(11-19)9-15(8-13)12-19/h13-16H,2-12H2,1H3,(H,20,23).